The number of ether oxygens (including phenoxy) is 8. The fourth-order valence-corrected chi connectivity index (χ4v) is 12.3. The number of hydrogen-bond acceptors (Lipinski definition) is 17. The van der Waals surface area contributed by atoms with Crippen molar-refractivity contribution in [3.05, 3.63) is 82.9 Å². The molecule has 0 aromatic heterocycles. The molecule has 18 nitrogen and oxygen atoms in total. The third kappa shape index (κ3) is 9.11. The minimum Gasteiger partial charge on any atom is -0.458 e. The van der Waals surface area contributed by atoms with Crippen molar-refractivity contribution in [2.75, 3.05) is 27.4 Å². The number of nitrogens with two attached hydrogens (primary N) is 1. The third-order valence-electron chi connectivity index (χ3n) is 15.4. The molecular weight excluding hydrogens is 909 g/mol. The van der Waals surface area contributed by atoms with Crippen LogP contribution in [0, 0.1) is 34.5 Å². The Bertz CT molecular complexity index is 2400. The number of methoxy groups -OCH3 is 2. The largest absolute Gasteiger partial charge is 0.458 e. The number of esters is 5. The quantitative estimate of drug-likeness (QED) is 0.122. The maximum Gasteiger partial charge on any atom is 0.408 e. The highest BCUT2D eigenvalue weighted by molar-refractivity contribution is 5.94. The number of amides is 1. The number of fused-ring (bicyclic) bond motifs is 8. The Kier molecular flexibility index (Phi) is 14.5. The number of Topliss-reactive ketones (excluding diaryl/α,β-unsaturated/α-hetero) is 1. The van der Waals surface area contributed by atoms with Gasteiger partial charge in [-0.3, -0.25) is 14.4 Å². The lowest BCUT2D eigenvalue weighted by atomic mass is 9.41. The van der Waals surface area contributed by atoms with E-state index in [4.69, 9.17) is 43.6 Å². The van der Waals surface area contributed by atoms with Crippen LogP contribution < -0.4 is 11.1 Å². The van der Waals surface area contributed by atoms with Crippen molar-refractivity contribution >= 4 is 41.7 Å². The minimum atomic E-state index is -2.27. The van der Waals surface area contributed by atoms with Gasteiger partial charge in [-0.15, -0.1) is 0 Å². The Morgan fingerprint density at radius 2 is 1.51 bits per heavy atom. The SMILES string of the molecule is CO[C@H]1C(=O)[C@]2(C)[C@@H](OC)C[C@H]3C4C[C@H]4[C@@]3(OC(C)=O)[C@H]2[C@H](OC(=O)c2ccccc2)[C@]2(O)C[C@H](OC(=O)[C@H](OC(=O)COC(=O)CCN)[C@@H](NC(=O)OC(C)(C)C)c3ccccc3)C(C)=C1C2(C)C. The van der Waals surface area contributed by atoms with E-state index >= 15 is 9.59 Å². The second kappa shape index (κ2) is 19.5. The second-order valence-corrected chi connectivity index (χ2v) is 20.9. The van der Waals surface area contributed by atoms with Crippen molar-refractivity contribution in [2.45, 2.75) is 134 Å². The average Bonchev–Trinajstić information content (AvgIpc) is 4.05. The standard InChI is InChI=1S/C52H66N2O16/c1-27-34(66-46(60)41(67-37(57)26-65-36(56)21-22-53)39(29-17-13-11-14-18-29)54-47(61)70-48(3,4)5)25-51(62)44(68-45(59)30-19-15-12-16-20-30)42-50(8,43(58)40(64-10)38(27)49(51,6)7)35(63-9)24-33-31-23-32(31)52(33,42)69-28(2)55/h11-20,31-35,39-42,44,62H,21-26,53H2,1-10H3,(H,54,61)/t31?,32-,33+,34+,35+,39+,40-,41-,42+,44+,50-,51-,52+/m1/s1. The van der Waals surface area contributed by atoms with Crippen LogP contribution in [0.3, 0.4) is 0 Å². The fourth-order valence-electron chi connectivity index (χ4n) is 12.3. The summed E-state index contributed by atoms with van der Waals surface area (Å²) >= 11 is 0. The topological polar surface area (TPSA) is 252 Å². The molecule has 18 heteroatoms. The van der Waals surface area contributed by atoms with Crippen molar-refractivity contribution in [1.29, 1.82) is 0 Å². The Hall–Kier alpha value is -5.69. The smallest absolute Gasteiger partial charge is 0.408 e. The molecule has 70 heavy (non-hydrogen) atoms. The number of alkyl carbamates (subject to hydrolysis) is 1. The first-order chi connectivity index (χ1) is 32.9. The molecule has 13 atom stereocenters. The van der Waals surface area contributed by atoms with Crippen molar-refractivity contribution in [2.24, 2.45) is 40.2 Å². The number of hydrogen-bond donors (Lipinski definition) is 3. The summed E-state index contributed by atoms with van der Waals surface area (Å²) in [4.78, 5) is 98.3. The van der Waals surface area contributed by atoms with Crippen LogP contribution in [-0.2, 0) is 61.9 Å². The zero-order chi connectivity index (χ0) is 51.3. The molecule has 0 heterocycles. The summed E-state index contributed by atoms with van der Waals surface area (Å²) in [5.41, 5.74) is -1.44. The van der Waals surface area contributed by atoms with Crippen LogP contribution >= 0.6 is 0 Å². The number of rotatable bonds is 15. The molecule has 7 rings (SSSR count). The number of carbonyl (C=O) groups excluding carboxylic acids is 7. The van der Waals surface area contributed by atoms with Crippen LogP contribution in [0.5, 0.6) is 0 Å². The molecule has 4 fully saturated rings. The summed E-state index contributed by atoms with van der Waals surface area (Å²) in [5, 5.41) is 16.7. The number of nitrogens with one attached hydrogen (secondary N) is 1. The Morgan fingerprint density at radius 1 is 0.886 bits per heavy atom. The molecule has 2 aromatic rings. The summed E-state index contributed by atoms with van der Waals surface area (Å²) < 4.78 is 48.3. The van der Waals surface area contributed by atoms with E-state index in [2.05, 4.69) is 5.32 Å². The van der Waals surface area contributed by atoms with Crippen LogP contribution in [0.4, 0.5) is 4.79 Å². The molecule has 4 saturated carbocycles. The van der Waals surface area contributed by atoms with Gasteiger partial charge in [0.1, 0.15) is 41.2 Å². The Labute approximate surface area is 407 Å². The van der Waals surface area contributed by atoms with E-state index in [9.17, 15) is 29.1 Å². The van der Waals surface area contributed by atoms with Gasteiger partial charge in [0.25, 0.3) is 0 Å². The monoisotopic (exact) mass is 974 g/mol. The molecule has 380 valence electrons. The zero-order valence-corrected chi connectivity index (χ0v) is 41.4. The van der Waals surface area contributed by atoms with Gasteiger partial charge >= 0.3 is 35.9 Å². The summed E-state index contributed by atoms with van der Waals surface area (Å²) in [5.74, 6) is -6.90. The van der Waals surface area contributed by atoms with Gasteiger partial charge in [-0.25, -0.2) is 19.2 Å². The van der Waals surface area contributed by atoms with Crippen LogP contribution in [-0.4, -0.2) is 122 Å². The molecule has 4 N–H and O–H groups in total. The number of carbonyl (C=O) groups is 7. The van der Waals surface area contributed by atoms with Gasteiger partial charge in [-0.2, -0.15) is 0 Å². The lowest BCUT2D eigenvalue weighted by Crippen LogP contribution is -2.79. The summed E-state index contributed by atoms with van der Waals surface area (Å²) in [6.45, 7) is 11.9. The molecule has 1 amide bonds. The average molecular weight is 975 g/mol. The maximum atomic E-state index is 15.9. The van der Waals surface area contributed by atoms with Crippen molar-refractivity contribution in [3.63, 3.8) is 0 Å². The van der Waals surface area contributed by atoms with Crippen LogP contribution in [0.1, 0.15) is 103 Å². The van der Waals surface area contributed by atoms with Crippen LogP contribution in [0.25, 0.3) is 0 Å². The molecular formula is C52H66N2O16. The molecule has 5 aliphatic carbocycles. The van der Waals surface area contributed by atoms with Gasteiger partial charge in [0.2, 0.25) is 6.10 Å². The van der Waals surface area contributed by atoms with E-state index in [0.717, 1.165) is 0 Å². The summed E-state index contributed by atoms with van der Waals surface area (Å²) in [6, 6.07) is 14.7. The minimum absolute atomic E-state index is 0.0562. The predicted octanol–water partition coefficient (Wildman–Crippen LogP) is 4.88. The van der Waals surface area contributed by atoms with Gasteiger partial charge in [0.05, 0.1) is 29.4 Å². The highest BCUT2D eigenvalue weighted by Gasteiger charge is 2.85. The molecule has 1 unspecified atom stereocenters. The van der Waals surface area contributed by atoms with Crippen LogP contribution in [0.15, 0.2) is 71.8 Å². The van der Waals surface area contributed by atoms with E-state index in [0.29, 0.717) is 18.4 Å². The first-order valence-electron chi connectivity index (χ1n) is 23.7. The fraction of sp³-hybridized carbons (Fsp3) is 0.596. The lowest BCUT2D eigenvalue weighted by Gasteiger charge is -2.68. The molecule has 2 bridgehead atoms. The third-order valence-corrected chi connectivity index (χ3v) is 15.4. The van der Waals surface area contributed by atoms with E-state index in [1.54, 1.807) is 109 Å². The van der Waals surface area contributed by atoms with Gasteiger partial charge in [0.15, 0.2) is 12.4 Å². The second-order valence-electron chi connectivity index (χ2n) is 20.9. The predicted molar refractivity (Wildman–Crippen MR) is 247 cm³/mol. The molecule has 0 saturated heterocycles. The first-order valence-corrected chi connectivity index (χ1v) is 23.7. The van der Waals surface area contributed by atoms with Gasteiger partial charge in [-0.1, -0.05) is 62.4 Å². The number of ketones is 1. The van der Waals surface area contributed by atoms with Crippen LogP contribution in [0.2, 0.25) is 0 Å². The van der Waals surface area contributed by atoms with Gasteiger partial charge in [-0.05, 0) is 82.2 Å². The highest BCUT2D eigenvalue weighted by atomic mass is 16.6. The van der Waals surface area contributed by atoms with E-state index in [-0.39, 0.29) is 47.4 Å². The zero-order valence-electron chi connectivity index (χ0n) is 41.4. The molecule has 5 aliphatic rings. The molecule has 0 aliphatic heterocycles. The van der Waals surface area contributed by atoms with E-state index < -0.39 is 125 Å². The molecule has 2 aromatic carbocycles. The number of aliphatic hydroxyl groups is 1. The van der Waals surface area contributed by atoms with Gasteiger partial charge < -0.3 is 54.1 Å². The van der Waals surface area contributed by atoms with E-state index in [1.807, 2.05) is 0 Å². The van der Waals surface area contributed by atoms with E-state index in [1.165, 1.54) is 21.1 Å². The van der Waals surface area contributed by atoms with Crippen molar-refractivity contribution in [3.8, 4) is 0 Å². The lowest BCUT2D eigenvalue weighted by molar-refractivity contribution is -0.302. The number of benzene rings is 2. The normalized spacial score (nSPS) is 32.3. The first kappa shape index (κ1) is 52.1. The molecule has 0 spiro atoms. The van der Waals surface area contributed by atoms with Gasteiger partial charge in [0, 0.05) is 51.4 Å². The maximum absolute atomic E-state index is 15.9. The van der Waals surface area contributed by atoms with Crippen molar-refractivity contribution < 1.29 is 76.6 Å². The summed E-state index contributed by atoms with van der Waals surface area (Å²) in [7, 11) is 2.83. The highest BCUT2D eigenvalue weighted by Crippen LogP contribution is 2.78. The van der Waals surface area contributed by atoms with Crippen molar-refractivity contribution in [1.82, 2.24) is 5.32 Å². The molecule has 0 radical (unpaired) electrons. The Balaban J connectivity index is 1.40. The Morgan fingerprint density at radius 3 is 2.10 bits per heavy atom. The summed E-state index contributed by atoms with van der Waals surface area (Å²) in [6.07, 6.45) is -8.07.